The maximum atomic E-state index is 13.7. The summed E-state index contributed by atoms with van der Waals surface area (Å²) < 4.78 is 15.3. The molecule has 0 fully saturated rings. The van der Waals surface area contributed by atoms with Crippen LogP contribution in [0.2, 0.25) is 0 Å². The van der Waals surface area contributed by atoms with E-state index in [0.29, 0.717) is 33.8 Å². The molecule has 0 aliphatic carbocycles. The fourth-order valence-corrected chi connectivity index (χ4v) is 5.49. The maximum Gasteiger partial charge on any atom is 0.338 e. The summed E-state index contributed by atoms with van der Waals surface area (Å²) in [6, 6.07) is 21.3. The van der Waals surface area contributed by atoms with Gasteiger partial charge in [0, 0.05) is 17.3 Å². The van der Waals surface area contributed by atoms with Gasteiger partial charge in [-0.3, -0.25) is 14.5 Å². The molecular formula is C31H25N3O7S. The van der Waals surface area contributed by atoms with Crippen molar-refractivity contribution in [3.8, 4) is 5.75 Å². The molecule has 0 saturated carbocycles. The van der Waals surface area contributed by atoms with Gasteiger partial charge in [0.2, 0.25) is 0 Å². The molecule has 212 valence electrons. The summed E-state index contributed by atoms with van der Waals surface area (Å²) in [5, 5.41) is 2.96. The number of methoxy groups -OCH3 is 3. The van der Waals surface area contributed by atoms with Crippen LogP contribution in [0.3, 0.4) is 0 Å². The largest absolute Gasteiger partial charge is 0.497 e. The topological polar surface area (TPSA) is 124 Å². The Labute approximate surface area is 245 Å². The van der Waals surface area contributed by atoms with Crippen molar-refractivity contribution in [1.29, 1.82) is 0 Å². The highest BCUT2D eigenvalue weighted by Crippen LogP contribution is 2.45. The number of carbonyl (C=O) groups is 4. The molecule has 1 N–H and O–H groups in total. The number of aliphatic imine (C=N–C) groups is 1. The molecule has 2 aliphatic rings. The van der Waals surface area contributed by atoms with Gasteiger partial charge in [0.05, 0.1) is 49.1 Å². The van der Waals surface area contributed by atoms with E-state index in [2.05, 4.69) is 5.32 Å². The molecule has 0 spiro atoms. The molecule has 0 bridgehead atoms. The molecule has 3 aromatic rings. The average molecular weight is 584 g/mol. The number of anilines is 1. The number of amidine groups is 1. The molecule has 2 aliphatic heterocycles. The van der Waals surface area contributed by atoms with Gasteiger partial charge in [0.1, 0.15) is 5.75 Å². The molecule has 5 rings (SSSR count). The van der Waals surface area contributed by atoms with Gasteiger partial charge in [-0.05, 0) is 53.7 Å². The number of hydrogen-bond donors (Lipinski definition) is 1. The van der Waals surface area contributed by atoms with E-state index >= 15 is 0 Å². The molecule has 42 heavy (non-hydrogen) atoms. The monoisotopic (exact) mass is 583 g/mol. The van der Waals surface area contributed by atoms with E-state index in [1.165, 1.54) is 44.4 Å². The Bertz CT molecular complexity index is 1660. The second kappa shape index (κ2) is 12.1. The second-order valence-corrected chi connectivity index (χ2v) is 10.0. The highest BCUT2D eigenvalue weighted by Gasteiger charge is 2.43. The number of ether oxygens (including phenoxy) is 3. The maximum absolute atomic E-state index is 13.7. The first-order valence-corrected chi connectivity index (χ1v) is 13.5. The Morgan fingerprint density at radius 3 is 2.26 bits per heavy atom. The molecule has 0 unspecified atom stereocenters. The van der Waals surface area contributed by atoms with Crippen molar-refractivity contribution in [2.24, 2.45) is 4.99 Å². The molecule has 0 saturated heterocycles. The number of carbonyl (C=O) groups excluding carboxylic acids is 4. The minimum atomic E-state index is -0.915. The van der Waals surface area contributed by atoms with Crippen LogP contribution in [0.4, 0.5) is 5.69 Å². The number of rotatable bonds is 7. The quantitative estimate of drug-likeness (QED) is 0.401. The third-order valence-corrected chi connectivity index (χ3v) is 7.54. The number of benzene rings is 3. The van der Waals surface area contributed by atoms with Crippen molar-refractivity contribution in [2.45, 2.75) is 6.04 Å². The number of nitrogens with zero attached hydrogens (tertiary/aromatic N) is 2. The third kappa shape index (κ3) is 5.54. The van der Waals surface area contributed by atoms with Gasteiger partial charge < -0.3 is 19.5 Å². The number of esters is 2. The van der Waals surface area contributed by atoms with E-state index in [-0.39, 0.29) is 15.6 Å². The van der Waals surface area contributed by atoms with Crippen LogP contribution in [-0.4, -0.2) is 55.1 Å². The Kier molecular flexibility index (Phi) is 8.21. The zero-order valence-corrected chi connectivity index (χ0v) is 23.6. The number of thioether (sulfide) groups is 1. The summed E-state index contributed by atoms with van der Waals surface area (Å²) in [5.74, 6) is -1.69. The van der Waals surface area contributed by atoms with Crippen LogP contribution in [0.1, 0.15) is 27.5 Å². The van der Waals surface area contributed by atoms with Crippen LogP contribution < -0.4 is 10.1 Å². The zero-order valence-electron chi connectivity index (χ0n) is 22.8. The van der Waals surface area contributed by atoms with Crippen LogP contribution in [0.25, 0.3) is 5.70 Å². The Hall–Kier alpha value is -5.16. The van der Waals surface area contributed by atoms with Crippen LogP contribution in [0.5, 0.6) is 5.75 Å². The summed E-state index contributed by atoms with van der Waals surface area (Å²) in [7, 11) is 4.08. The minimum Gasteiger partial charge on any atom is -0.497 e. The number of nitrogens with one attached hydrogen (secondary N) is 1. The predicted octanol–water partition coefficient (Wildman–Crippen LogP) is 4.57. The first kappa shape index (κ1) is 28.4. The Morgan fingerprint density at radius 2 is 1.60 bits per heavy atom. The molecule has 2 amide bonds. The van der Waals surface area contributed by atoms with E-state index < -0.39 is 29.8 Å². The predicted molar refractivity (Wildman–Crippen MR) is 157 cm³/mol. The molecule has 1 atom stereocenters. The average Bonchev–Trinajstić information content (AvgIpc) is 3.03. The number of fused-ring (bicyclic) bond motifs is 1. The molecule has 0 radical (unpaired) electrons. The minimum absolute atomic E-state index is 0.102. The van der Waals surface area contributed by atoms with E-state index in [1.54, 1.807) is 48.5 Å². The zero-order chi connectivity index (χ0) is 29.8. The van der Waals surface area contributed by atoms with Gasteiger partial charge in [-0.25, -0.2) is 14.6 Å². The standard InChI is InChI=1S/C31H25N3O7S/c1-39-22-11-7-10-20(16-22)27-25(30(38)41-3)26(18-8-5-4-6-9-18)33-31-34(27)24(35)17-23(42-31)28(36)32-21-14-12-19(13-15-21)29(37)40-2/h4-17,27H,1-3H3,(H,32,36)/t27-/m1/s1. The Balaban J connectivity index is 1.57. The lowest BCUT2D eigenvalue weighted by atomic mass is 9.91. The SMILES string of the molecule is COC(=O)C1=C(c2ccccc2)N=C2SC(C(=O)Nc3ccc(C(=O)OC)cc3)=CC(=O)N2[C@@H]1c1cccc(OC)c1. The van der Waals surface area contributed by atoms with E-state index in [9.17, 15) is 19.2 Å². The van der Waals surface area contributed by atoms with Crippen molar-refractivity contribution in [3.63, 3.8) is 0 Å². The fourth-order valence-electron chi connectivity index (χ4n) is 4.56. The first-order chi connectivity index (χ1) is 20.3. The molecule has 10 nitrogen and oxygen atoms in total. The summed E-state index contributed by atoms with van der Waals surface area (Å²) in [5.41, 5.74) is 2.47. The van der Waals surface area contributed by atoms with Gasteiger partial charge in [0.25, 0.3) is 11.8 Å². The van der Waals surface area contributed by atoms with Gasteiger partial charge in [0.15, 0.2) is 5.17 Å². The lowest BCUT2D eigenvalue weighted by Gasteiger charge is -2.38. The normalized spacial score (nSPS) is 16.1. The number of hydrogen-bond acceptors (Lipinski definition) is 9. The molecule has 11 heteroatoms. The number of amides is 2. The van der Waals surface area contributed by atoms with Crippen molar-refractivity contribution in [1.82, 2.24) is 4.90 Å². The van der Waals surface area contributed by atoms with Crippen LogP contribution in [0, 0.1) is 0 Å². The highest BCUT2D eigenvalue weighted by atomic mass is 32.2. The summed E-state index contributed by atoms with van der Waals surface area (Å²) in [6.45, 7) is 0. The van der Waals surface area contributed by atoms with Gasteiger partial charge in [-0.2, -0.15) is 0 Å². The van der Waals surface area contributed by atoms with E-state index in [1.807, 2.05) is 18.2 Å². The van der Waals surface area contributed by atoms with Crippen molar-refractivity contribution >= 4 is 52.1 Å². The van der Waals surface area contributed by atoms with Crippen molar-refractivity contribution in [2.75, 3.05) is 26.6 Å². The summed E-state index contributed by atoms with van der Waals surface area (Å²) >= 11 is 0.999. The van der Waals surface area contributed by atoms with Crippen molar-refractivity contribution in [3.05, 3.63) is 112 Å². The Morgan fingerprint density at radius 1 is 0.881 bits per heavy atom. The van der Waals surface area contributed by atoms with E-state index in [0.717, 1.165) is 11.8 Å². The smallest absolute Gasteiger partial charge is 0.338 e. The highest BCUT2D eigenvalue weighted by molar-refractivity contribution is 8.18. The van der Waals surface area contributed by atoms with Crippen LogP contribution in [-0.2, 0) is 23.9 Å². The van der Waals surface area contributed by atoms with Gasteiger partial charge in [-0.15, -0.1) is 0 Å². The lowest BCUT2D eigenvalue weighted by Crippen LogP contribution is -2.45. The lowest BCUT2D eigenvalue weighted by molar-refractivity contribution is -0.137. The first-order valence-electron chi connectivity index (χ1n) is 12.7. The fraction of sp³-hybridized carbons (Fsp3) is 0.129. The van der Waals surface area contributed by atoms with Crippen molar-refractivity contribution < 1.29 is 33.4 Å². The molecule has 2 heterocycles. The molecular weight excluding hydrogens is 558 g/mol. The van der Waals surface area contributed by atoms with E-state index in [4.69, 9.17) is 19.2 Å². The summed E-state index contributed by atoms with van der Waals surface area (Å²) in [6.07, 6.45) is 1.21. The third-order valence-electron chi connectivity index (χ3n) is 6.54. The molecule has 3 aromatic carbocycles. The van der Waals surface area contributed by atoms with Gasteiger partial charge >= 0.3 is 11.9 Å². The van der Waals surface area contributed by atoms with Gasteiger partial charge in [-0.1, -0.05) is 42.5 Å². The van der Waals surface area contributed by atoms with Crippen LogP contribution in [0.15, 0.2) is 100 Å². The summed E-state index contributed by atoms with van der Waals surface area (Å²) in [4.78, 5) is 58.2. The second-order valence-electron chi connectivity index (χ2n) is 9.04. The van der Waals surface area contributed by atoms with Crippen LogP contribution >= 0.6 is 11.8 Å². The molecule has 0 aromatic heterocycles.